The van der Waals surface area contributed by atoms with Crippen molar-refractivity contribution >= 4 is 33.3 Å². The predicted molar refractivity (Wildman–Crippen MR) is 94.0 cm³/mol. The van der Waals surface area contributed by atoms with Gasteiger partial charge in [0.1, 0.15) is 0 Å². The molecule has 0 N–H and O–H groups in total. The fourth-order valence-corrected chi connectivity index (χ4v) is 3.70. The number of nitrogens with zero attached hydrogens (tertiary/aromatic N) is 1. The van der Waals surface area contributed by atoms with Crippen LogP contribution in [-0.2, 0) is 14.8 Å². The van der Waals surface area contributed by atoms with E-state index in [0.29, 0.717) is 10.7 Å². The number of ether oxygens (including phenoxy) is 1. The molecule has 0 amide bonds. The Kier molecular flexibility index (Phi) is 5.64. The molecule has 0 bridgehead atoms. The Morgan fingerprint density at radius 2 is 1.92 bits per heavy atom. The summed E-state index contributed by atoms with van der Waals surface area (Å²) in [5.74, 6) is -0.603. The van der Waals surface area contributed by atoms with Gasteiger partial charge in [-0.2, -0.15) is 0 Å². The standard InChI is InChI=1S/C17H16ClNO4S/c1-3-11-19(15-9-7-14(18)8-10-15)24(21,22)16-6-4-5-13(12-16)17(20)23-2/h3-10,12H,1,11H2,2H3. The molecule has 24 heavy (non-hydrogen) atoms. The van der Waals surface area contributed by atoms with Crippen LogP contribution in [0.1, 0.15) is 10.4 Å². The Morgan fingerprint density at radius 3 is 2.50 bits per heavy atom. The molecule has 0 aromatic heterocycles. The van der Waals surface area contributed by atoms with Crippen molar-refractivity contribution < 1.29 is 17.9 Å². The van der Waals surface area contributed by atoms with Crippen molar-refractivity contribution in [3.05, 3.63) is 71.8 Å². The van der Waals surface area contributed by atoms with Crippen molar-refractivity contribution in [2.45, 2.75) is 4.90 Å². The van der Waals surface area contributed by atoms with Gasteiger partial charge in [0, 0.05) is 5.02 Å². The summed E-state index contributed by atoms with van der Waals surface area (Å²) in [5, 5.41) is 0.502. The van der Waals surface area contributed by atoms with Crippen molar-refractivity contribution in [2.24, 2.45) is 0 Å². The maximum atomic E-state index is 13.0. The molecule has 0 aliphatic carbocycles. The van der Waals surface area contributed by atoms with E-state index in [1.807, 2.05) is 0 Å². The van der Waals surface area contributed by atoms with Gasteiger partial charge in [0.2, 0.25) is 0 Å². The molecule has 2 aromatic carbocycles. The number of anilines is 1. The molecule has 0 saturated carbocycles. The fraction of sp³-hybridized carbons (Fsp3) is 0.118. The number of esters is 1. The average molecular weight is 366 g/mol. The Balaban J connectivity index is 2.50. The lowest BCUT2D eigenvalue weighted by atomic mass is 10.2. The first-order valence-electron chi connectivity index (χ1n) is 6.97. The Labute approximate surface area is 146 Å². The van der Waals surface area contributed by atoms with E-state index in [1.54, 1.807) is 24.3 Å². The smallest absolute Gasteiger partial charge is 0.337 e. The van der Waals surface area contributed by atoms with Crippen molar-refractivity contribution in [3.63, 3.8) is 0 Å². The second-order valence-corrected chi connectivity index (χ2v) is 7.12. The molecule has 0 radical (unpaired) electrons. The van der Waals surface area contributed by atoms with Gasteiger partial charge in [-0.05, 0) is 42.5 Å². The van der Waals surface area contributed by atoms with Gasteiger partial charge < -0.3 is 4.74 Å². The second-order valence-electron chi connectivity index (χ2n) is 4.82. The lowest BCUT2D eigenvalue weighted by Gasteiger charge is -2.23. The number of carbonyl (C=O) groups excluding carboxylic acids is 1. The summed E-state index contributed by atoms with van der Waals surface area (Å²) in [6.07, 6.45) is 1.48. The zero-order valence-electron chi connectivity index (χ0n) is 13.0. The van der Waals surface area contributed by atoms with Crippen LogP contribution in [0.25, 0.3) is 0 Å². The van der Waals surface area contributed by atoms with Crippen molar-refractivity contribution in [3.8, 4) is 0 Å². The second kappa shape index (κ2) is 7.51. The Hall–Kier alpha value is -2.31. The van der Waals surface area contributed by atoms with Gasteiger partial charge in [0.15, 0.2) is 0 Å². The third kappa shape index (κ3) is 3.77. The zero-order valence-corrected chi connectivity index (χ0v) is 14.5. The van der Waals surface area contributed by atoms with Crippen LogP contribution in [0.5, 0.6) is 0 Å². The molecule has 126 valence electrons. The molecule has 0 aliphatic rings. The van der Waals surface area contributed by atoms with Crippen molar-refractivity contribution in [2.75, 3.05) is 18.0 Å². The summed E-state index contributed by atoms with van der Waals surface area (Å²) in [7, 11) is -2.64. The van der Waals surface area contributed by atoms with Crippen LogP contribution in [0.2, 0.25) is 5.02 Å². The quantitative estimate of drug-likeness (QED) is 0.580. The highest BCUT2D eigenvalue weighted by atomic mass is 35.5. The van der Waals surface area contributed by atoms with E-state index in [0.717, 1.165) is 0 Å². The number of rotatable bonds is 6. The number of hydrogen-bond donors (Lipinski definition) is 0. The number of hydrogen-bond acceptors (Lipinski definition) is 4. The van der Waals surface area contributed by atoms with Crippen LogP contribution in [0, 0.1) is 0 Å². The summed E-state index contributed by atoms with van der Waals surface area (Å²) < 4.78 is 31.7. The van der Waals surface area contributed by atoms with Gasteiger partial charge in [-0.3, -0.25) is 4.31 Å². The zero-order chi connectivity index (χ0) is 17.7. The van der Waals surface area contributed by atoms with Crippen LogP contribution in [0.15, 0.2) is 66.1 Å². The van der Waals surface area contributed by atoms with E-state index in [9.17, 15) is 13.2 Å². The minimum atomic E-state index is -3.88. The predicted octanol–water partition coefficient (Wildman–Crippen LogP) is 3.51. The molecule has 0 heterocycles. The number of halogens is 1. The summed E-state index contributed by atoms with van der Waals surface area (Å²) in [6, 6.07) is 12.1. The molecular formula is C17H16ClNO4S. The molecule has 0 aliphatic heterocycles. The number of carbonyl (C=O) groups is 1. The highest BCUT2D eigenvalue weighted by Crippen LogP contribution is 2.25. The summed E-state index contributed by atoms with van der Waals surface area (Å²) in [6.45, 7) is 3.68. The first kappa shape index (κ1) is 18.0. The maximum absolute atomic E-state index is 13.0. The molecule has 7 heteroatoms. The minimum absolute atomic E-state index is 0.0119. The molecule has 2 aromatic rings. The van der Waals surface area contributed by atoms with Gasteiger partial charge >= 0.3 is 5.97 Å². The molecule has 0 unspecified atom stereocenters. The molecule has 2 rings (SSSR count). The summed E-state index contributed by atoms with van der Waals surface area (Å²) in [5.41, 5.74) is 0.607. The van der Waals surface area contributed by atoms with E-state index < -0.39 is 16.0 Å². The first-order valence-corrected chi connectivity index (χ1v) is 8.79. The highest BCUT2D eigenvalue weighted by molar-refractivity contribution is 7.92. The molecule has 0 atom stereocenters. The first-order chi connectivity index (χ1) is 11.4. The molecule has 5 nitrogen and oxygen atoms in total. The van der Waals surface area contributed by atoms with Crippen LogP contribution < -0.4 is 4.31 Å². The lowest BCUT2D eigenvalue weighted by molar-refractivity contribution is 0.0600. The van der Waals surface area contributed by atoms with Crippen LogP contribution in [-0.4, -0.2) is 28.0 Å². The van der Waals surface area contributed by atoms with Crippen LogP contribution in [0.3, 0.4) is 0 Å². The van der Waals surface area contributed by atoms with Gasteiger partial charge in [-0.15, -0.1) is 6.58 Å². The minimum Gasteiger partial charge on any atom is -0.465 e. The van der Waals surface area contributed by atoms with E-state index >= 15 is 0 Å². The van der Waals surface area contributed by atoms with E-state index in [-0.39, 0.29) is 17.0 Å². The van der Waals surface area contributed by atoms with Crippen molar-refractivity contribution in [1.82, 2.24) is 0 Å². The fourth-order valence-electron chi connectivity index (χ4n) is 2.10. The van der Waals surface area contributed by atoms with Gasteiger partial charge in [-0.1, -0.05) is 23.7 Å². The Bertz CT molecular complexity index is 847. The van der Waals surface area contributed by atoms with Crippen LogP contribution >= 0.6 is 11.6 Å². The number of benzene rings is 2. The third-order valence-corrected chi connectivity index (χ3v) is 5.29. The Morgan fingerprint density at radius 1 is 1.25 bits per heavy atom. The number of sulfonamides is 1. The van der Waals surface area contributed by atoms with Gasteiger partial charge in [0.25, 0.3) is 10.0 Å². The molecular weight excluding hydrogens is 350 g/mol. The van der Waals surface area contributed by atoms with E-state index in [1.165, 1.54) is 41.8 Å². The topological polar surface area (TPSA) is 63.7 Å². The van der Waals surface area contributed by atoms with Gasteiger partial charge in [0.05, 0.1) is 29.8 Å². The maximum Gasteiger partial charge on any atom is 0.337 e. The normalized spacial score (nSPS) is 10.9. The van der Waals surface area contributed by atoms with Crippen molar-refractivity contribution in [1.29, 1.82) is 0 Å². The highest BCUT2D eigenvalue weighted by Gasteiger charge is 2.25. The van der Waals surface area contributed by atoms with E-state index in [2.05, 4.69) is 11.3 Å². The monoisotopic (exact) mass is 365 g/mol. The van der Waals surface area contributed by atoms with Gasteiger partial charge in [-0.25, -0.2) is 13.2 Å². The molecule has 0 spiro atoms. The molecule has 0 saturated heterocycles. The summed E-state index contributed by atoms with van der Waals surface area (Å²) >= 11 is 5.86. The summed E-state index contributed by atoms with van der Waals surface area (Å²) in [4.78, 5) is 11.6. The average Bonchev–Trinajstić information content (AvgIpc) is 2.60. The lowest BCUT2D eigenvalue weighted by Crippen LogP contribution is -2.31. The van der Waals surface area contributed by atoms with E-state index in [4.69, 9.17) is 11.6 Å². The largest absolute Gasteiger partial charge is 0.465 e. The van der Waals surface area contributed by atoms with Crippen LogP contribution in [0.4, 0.5) is 5.69 Å². The molecule has 0 fully saturated rings. The number of methoxy groups -OCH3 is 1. The third-order valence-electron chi connectivity index (χ3n) is 3.25. The SMILES string of the molecule is C=CCN(c1ccc(Cl)cc1)S(=O)(=O)c1cccc(C(=O)OC)c1.